The van der Waals surface area contributed by atoms with Crippen LogP contribution in [-0.2, 0) is 4.79 Å². The summed E-state index contributed by atoms with van der Waals surface area (Å²) < 4.78 is 0. The molecule has 0 bridgehead atoms. The molecular weight excluding hydrogens is 296 g/mol. The van der Waals surface area contributed by atoms with Gasteiger partial charge in [0, 0.05) is 17.4 Å². The van der Waals surface area contributed by atoms with Crippen LogP contribution in [-0.4, -0.2) is 17.0 Å². The third-order valence-electron chi connectivity index (χ3n) is 4.13. The molecule has 3 rings (SSSR count). The lowest BCUT2D eigenvalue weighted by atomic mass is 9.87. The molecule has 1 N–H and O–H groups in total. The van der Waals surface area contributed by atoms with E-state index in [2.05, 4.69) is 0 Å². The highest BCUT2D eigenvalue weighted by Crippen LogP contribution is 2.38. The van der Waals surface area contributed by atoms with Crippen LogP contribution in [0.1, 0.15) is 23.5 Å². The molecule has 0 unspecified atom stereocenters. The van der Waals surface area contributed by atoms with E-state index < -0.39 is 6.10 Å². The van der Waals surface area contributed by atoms with Crippen molar-refractivity contribution < 1.29 is 9.90 Å². The summed E-state index contributed by atoms with van der Waals surface area (Å²) in [5.74, 6) is -0.352. The lowest BCUT2D eigenvalue weighted by Gasteiger charge is -2.17. The molecule has 1 fully saturated rings. The molecule has 3 atom stereocenters. The van der Waals surface area contributed by atoms with Gasteiger partial charge in [-0.25, -0.2) is 0 Å². The fourth-order valence-corrected chi connectivity index (χ4v) is 3.14. The molecule has 0 spiro atoms. The first-order chi connectivity index (χ1) is 10.6. The van der Waals surface area contributed by atoms with Crippen LogP contribution in [0.5, 0.6) is 0 Å². The maximum atomic E-state index is 12.2. The van der Waals surface area contributed by atoms with Gasteiger partial charge in [-0.1, -0.05) is 66.2 Å². The maximum absolute atomic E-state index is 12.2. The summed E-state index contributed by atoms with van der Waals surface area (Å²) >= 11 is 5.88. The van der Waals surface area contributed by atoms with Crippen LogP contribution in [0.3, 0.4) is 0 Å². The Hall–Kier alpha value is -1.90. The Morgan fingerprint density at radius 1 is 1.05 bits per heavy atom. The predicted molar refractivity (Wildman–Crippen MR) is 88.8 cm³/mol. The zero-order chi connectivity index (χ0) is 15.5. The fraction of sp³-hybridized carbons (Fsp3) is 0.211. The molecule has 22 heavy (non-hydrogen) atoms. The molecule has 1 aliphatic rings. The molecule has 0 heterocycles. The van der Waals surface area contributed by atoms with Crippen molar-refractivity contribution in [3.05, 3.63) is 76.8 Å². The second-order valence-electron chi connectivity index (χ2n) is 5.61. The molecule has 0 aromatic heterocycles. The SMILES string of the molecule is O=C1C[C@H](O)[C@@H](/C=C/c2ccc(Cl)cc2)[C@@H]1c1ccccc1. The second kappa shape index (κ2) is 6.47. The molecule has 2 aromatic carbocycles. The first-order valence-electron chi connectivity index (χ1n) is 7.34. The minimum Gasteiger partial charge on any atom is -0.392 e. The van der Waals surface area contributed by atoms with E-state index in [0.717, 1.165) is 11.1 Å². The summed E-state index contributed by atoms with van der Waals surface area (Å²) in [6, 6.07) is 17.2. The van der Waals surface area contributed by atoms with Crippen molar-refractivity contribution in [2.45, 2.75) is 18.4 Å². The molecular formula is C19H17ClO2. The third-order valence-corrected chi connectivity index (χ3v) is 4.38. The first-order valence-corrected chi connectivity index (χ1v) is 7.72. The van der Waals surface area contributed by atoms with Crippen LogP contribution in [0.15, 0.2) is 60.7 Å². The van der Waals surface area contributed by atoms with Gasteiger partial charge in [0.15, 0.2) is 0 Å². The standard InChI is InChI=1S/C19H17ClO2/c20-15-9-6-13(7-10-15)8-11-16-17(21)12-18(22)19(16)14-4-2-1-3-5-14/h1-11,16-17,19,21H,12H2/b11-8+/t16-,17+,19+/m1/s1. The van der Waals surface area contributed by atoms with E-state index in [4.69, 9.17) is 11.6 Å². The number of halogens is 1. The van der Waals surface area contributed by atoms with Gasteiger partial charge in [-0.2, -0.15) is 0 Å². The third kappa shape index (κ3) is 3.13. The van der Waals surface area contributed by atoms with Crippen LogP contribution in [0.4, 0.5) is 0 Å². The Kier molecular flexibility index (Phi) is 4.41. The van der Waals surface area contributed by atoms with Crippen molar-refractivity contribution in [3.63, 3.8) is 0 Å². The van der Waals surface area contributed by atoms with E-state index in [1.54, 1.807) is 0 Å². The summed E-state index contributed by atoms with van der Waals surface area (Å²) in [6.07, 6.45) is 3.48. The number of ketones is 1. The Morgan fingerprint density at radius 3 is 2.41 bits per heavy atom. The Labute approximate surface area is 135 Å². The Morgan fingerprint density at radius 2 is 1.73 bits per heavy atom. The summed E-state index contributed by atoms with van der Waals surface area (Å²) in [6.45, 7) is 0. The molecule has 1 saturated carbocycles. The van der Waals surface area contributed by atoms with Crippen LogP contribution in [0, 0.1) is 5.92 Å². The molecule has 2 aromatic rings. The number of aliphatic hydroxyl groups excluding tert-OH is 1. The fourth-order valence-electron chi connectivity index (χ4n) is 3.01. The lowest BCUT2D eigenvalue weighted by Crippen LogP contribution is -2.16. The number of Topliss-reactive ketones (excluding diaryl/α,β-unsaturated/α-hetero) is 1. The largest absolute Gasteiger partial charge is 0.392 e. The normalized spacial score (nSPS) is 25.0. The molecule has 0 aliphatic heterocycles. The highest BCUT2D eigenvalue weighted by atomic mass is 35.5. The minimum atomic E-state index is -0.624. The number of carbonyl (C=O) groups excluding carboxylic acids is 1. The van der Waals surface area contributed by atoms with Gasteiger partial charge in [0.1, 0.15) is 5.78 Å². The van der Waals surface area contributed by atoms with Gasteiger partial charge >= 0.3 is 0 Å². The van der Waals surface area contributed by atoms with Crippen LogP contribution in [0.2, 0.25) is 5.02 Å². The quantitative estimate of drug-likeness (QED) is 0.927. The Balaban J connectivity index is 1.86. The highest BCUT2D eigenvalue weighted by Gasteiger charge is 2.40. The van der Waals surface area contributed by atoms with Crippen molar-refractivity contribution >= 4 is 23.5 Å². The van der Waals surface area contributed by atoms with Crippen molar-refractivity contribution in [1.29, 1.82) is 0 Å². The van der Waals surface area contributed by atoms with Crippen molar-refractivity contribution in [2.75, 3.05) is 0 Å². The van der Waals surface area contributed by atoms with Gasteiger partial charge in [-0.3, -0.25) is 4.79 Å². The van der Waals surface area contributed by atoms with Crippen LogP contribution >= 0.6 is 11.6 Å². The van der Waals surface area contributed by atoms with E-state index in [-0.39, 0.29) is 24.0 Å². The van der Waals surface area contributed by atoms with E-state index >= 15 is 0 Å². The van der Waals surface area contributed by atoms with Crippen molar-refractivity contribution in [3.8, 4) is 0 Å². The second-order valence-corrected chi connectivity index (χ2v) is 6.05. The molecule has 0 radical (unpaired) electrons. The highest BCUT2D eigenvalue weighted by molar-refractivity contribution is 6.30. The predicted octanol–water partition coefficient (Wildman–Crippen LogP) is 4.09. The molecule has 0 amide bonds. The monoisotopic (exact) mass is 312 g/mol. The maximum Gasteiger partial charge on any atom is 0.143 e. The smallest absolute Gasteiger partial charge is 0.143 e. The van der Waals surface area contributed by atoms with Gasteiger partial charge in [0.25, 0.3) is 0 Å². The Bertz CT molecular complexity index is 676. The number of benzene rings is 2. The zero-order valence-corrected chi connectivity index (χ0v) is 12.8. The lowest BCUT2D eigenvalue weighted by molar-refractivity contribution is -0.119. The average Bonchev–Trinajstić information content (AvgIpc) is 2.81. The van der Waals surface area contributed by atoms with Crippen molar-refractivity contribution in [1.82, 2.24) is 0 Å². The number of carbonyl (C=O) groups is 1. The molecule has 3 heteroatoms. The average molecular weight is 313 g/mol. The number of rotatable bonds is 3. The summed E-state index contributed by atoms with van der Waals surface area (Å²) in [4.78, 5) is 12.2. The number of aliphatic hydroxyl groups is 1. The van der Waals surface area contributed by atoms with Gasteiger partial charge in [0.05, 0.1) is 12.0 Å². The molecule has 112 valence electrons. The number of hydrogen-bond acceptors (Lipinski definition) is 2. The van der Waals surface area contributed by atoms with Gasteiger partial charge in [-0.05, 0) is 23.3 Å². The van der Waals surface area contributed by atoms with Gasteiger partial charge < -0.3 is 5.11 Å². The summed E-state index contributed by atoms with van der Waals surface area (Å²) in [7, 11) is 0. The molecule has 0 saturated heterocycles. The molecule has 1 aliphatic carbocycles. The zero-order valence-electron chi connectivity index (χ0n) is 12.0. The molecule has 2 nitrogen and oxygen atoms in total. The number of hydrogen-bond donors (Lipinski definition) is 1. The summed E-state index contributed by atoms with van der Waals surface area (Å²) in [5, 5.41) is 10.9. The van der Waals surface area contributed by atoms with E-state index in [0.29, 0.717) is 5.02 Å². The van der Waals surface area contributed by atoms with Crippen molar-refractivity contribution in [2.24, 2.45) is 5.92 Å². The van der Waals surface area contributed by atoms with Gasteiger partial charge in [-0.15, -0.1) is 0 Å². The topological polar surface area (TPSA) is 37.3 Å². The minimum absolute atomic E-state index is 0.101. The van der Waals surface area contributed by atoms with Crippen LogP contribution in [0.25, 0.3) is 6.08 Å². The summed E-state index contributed by atoms with van der Waals surface area (Å²) in [5.41, 5.74) is 1.97. The van der Waals surface area contributed by atoms with E-state index in [9.17, 15) is 9.90 Å². The first kappa shape index (κ1) is 15.0. The van der Waals surface area contributed by atoms with Crippen LogP contribution < -0.4 is 0 Å². The van der Waals surface area contributed by atoms with Gasteiger partial charge in [0.2, 0.25) is 0 Å². The van der Waals surface area contributed by atoms with E-state index in [1.165, 1.54) is 0 Å². The van der Waals surface area contributed by atoms with E-state index in [1.807, 2.05) is 66.7 Å².